The minimum absolute atomic E-state index is 0.186. The van der Waals surface area contributed by atoms with E-state index in [2.05, 4.69) is 20.5 Å². The number of hydrogen-bond acceptors (Lipinski definition) is 4. The lowest BCUT2D eigenvalue weighted by Gasteiger charge is -2.03. The van der Waals surface area contributed by atoms with Crippen molar-refractivity contribution in [3.63, 3.8) is 0 Å². The number of anilines is 1. The Kier molecular flexibility index (Phi) is 2.81. The lowest BCUT2D eigenvalue weighted by atomic mass is 10.2. The summed E-state index contributed by atoms with van der Waals surface area (Å²) in [5.41, 5.74) is 6.82. The number of rotatable bonds is 3. The van der Waals surface area contributed by atoms with Crippen molar-refractivity contribution in [3.8, 4) is 0 Å². The molecule has 6 nitrogen and oxygen atoms in total. The molecular weight excluding hydrogens is 206 g/mol. The van der Waals surface area contributed by atoms with E-state index in [4.69, 9.17) is 5.73 Å². The van der Waals surface area contributed by atoms with Gasteiger partial charge in [-0.15, -0.1) is 0 Å². The molecule has 16 heavy (non-hydrogen) atoms. The first-order valence-corrected chi connectivity index (χ1v) is 4.73. The zero-order valence-electron chi connectivity index (χ0n) is 8.47. The zero-order chi connectivity index (χ0) is 11.4. The van der Waals surface area contributed by atoms with Gasteiger partial charge in [-0.1, -0.05) is 0 Å². The molecular formula is C10H11N5O. The predicted molar refractivity (Wildman–Crippen MR) is 58.4 cm³/mol. The number of nitrogens with two attached hydrogens (primary N) is 1. The summed E-state index contributed by atoms with van der Waals surface area (Å²) < 4.78 is 0. The van der Waals surface area contributed by atoms with Crippen molar-refractivity contribution < 1.29 is 4.79 Å². The van der Waals surface area contributed by atoms with Gasteiger partial charge in [0.1, 0.15) is 5.82 Å². The van der Waals surface area contributed by atoms with Crippen molar-refractivity contribution in [1.82, 2.24) is 20.5 Å². The Morgan fingerprint density at radius 3 is 2.94 bits per heavy atom. The van der Waals surface area contributed by atoms with Crippen LogP contribution in [0.4, 0.5) is 5.82 Å². The van der Waals surface area contributed by atoms with Crippen LogP contribution in [0.2, 0.25) is 0 Å². The molecule has 2 rings (SSSR count). The molecule has 0 atom stereocenters. The smallest absolute Gasteiger partial charge is 0.253 e. The number of amides is 1. The van der Waals surface area contributed by atoms with E-state index in [1.807, 2.05) is 0 Å². The van der Waals surface area contributed by atoms with Gasteiger partial charge >= 0.3 is 0 Å². The molecule has 4 N–H and O–H groups in total. The second-order valence-electron chi connectivity index (χ2n) is 3.26. The summed E-state index contributed by atoms with van der Waals surface area (Å²) in [7, 11) is 0. The maximum atomic E-state index is 11.6. The van der Waals surface area contributed by atoms with Crippen LogP contribution in [0.25, 0.3) is 0 Å². The summed E-state index contributed by atoms with van der Waals surface area (Å²) in [4.78, 5) is 15.5. The second-order valence-corrected chi connectivity index (χ2v) is 3.26. The van der Waals surface area contributed by atoms with Crippen LogP contribution < -0.4 is 11.1 Å². The summed E-state index contributed by atoms with van der Waals surface area (Å²) in [6, 6.07) is 3.22. The average Bonchev–Trinajstić information content (AvgIpc) is 2.80. The molecule has 0 saturated carbocycles. The second kappa shape index (κ2) is 4.43. The van der Waals surface area contributed by atoms with Crippen LogP contribution in [-0.4, -0.2) is 21.1 Å². The molecule has 0 aromatic carbocycles. The Hall–Kier alpha value is -2.37. The molecule has 0 fully saturated rings. The molecule has 0 aliphatic rings. The van der Waals surface area contributed by atoms with E-state index in [0.717, 1.165) is 5.56 Å². The van der Waals surface area contributed by atoms with Crippen molar-refractivity contribution in [2.24, 2.45) is 0 Å². The SMILES string of the molecule is Nc1ccc(C(=O)NCc2cn[nH]c2)cn1. The Labute approximate surface area is 91.9 Å². The van der Waals surface area contributed by atoms with E-state index in [-0.39, 0.29) is 5.91 Å². The van der Waals surface area contributed by atoms with Crippen molar-refractivity contribution >= 4 is 11.7 Å². The maximum Gasteiger partial charge on any atom is 0.253 e. The average molecular weight is 217 g/mol. The normalized spacial score (nSPS) is 10.0. The summed E-state index contributed by atoms with van der Waals surface area (Å²) >= 11 is 0. The fourth-order valence-corrected chi connectivity index (χ4v) is 1.20. The Morgan fingerprint density at radius 1 is 1.44 bits per heavy atom. The first kappa shape index (κ1) is 10.2. The minimum Gasteiger partial charge on any atom is -0.384 e. The van der Waals surface area contributed by atoms with Gasteiger partial charge in [0.15, 0.2) is 0 Å². The van der Waals surface area contributed by atoms with Gasteiger partial charge in [0.25, 0.3) is 5.91 Å². The molecule has 0 bridgehead atoms. The van der Waals surface area contributed by atoms with Crippen molar-refractivity contribution in [2.75, 3.05) is 5.73 Å². The van der Waals surface area contributed by atoms with Crippen LogP contribution in [0.5, 0.6) is 0 Å². The molecule has 2 heterocycles. The number of hydrogen-bond donors (Lipinski definition) is 3. The minimum atomic E-state index is -0.186. The van der Waals surface area contributed by atoms with Crippen LogP contribution in [0.3, 0.4) is 0 Å². The molecule has 0 saturated heterocycles. The van der Waals surface area contributed by atoms with Gasteiger partial charge in [0.2, 0.25) is 0 Å². The van der Waals surface area contributed by atoms with E-state index < -0.39 is 0 Å². The fraction of sp³-hybridized carbons (Fsp3) is 0.100. The Morgan fingerprint density at radius 2 is 2.31 bits per heavy atom. The van der Waals surface area contributed by atoms with E-state index in [0.29, 0.717) is 17.9 Å². The molecule has 0 aliphatic carbocycles. The van der Waals surface area contributed by atoms with Crippen LogP contribution in [0.1, 0.15) is 15.9 Å². The molecule has 0 spiro atoms. The molecule has 6 heteroatoms. The fourth-order valence-electron chi connectivity index (χ4n) is 1.20. The molecule has 2 aromatic rings. The number of nitrogen functional groups attached to an aromatic ring is 1. The molecule has 2 aromatic heterocycles. The number of carbonyl (C=O) groups excluding carboxylic acids is 1. The monoisotopic (exact) mass is 217 g/mol. The molecule has 0 unspecified atom stereocenters. The van der Waals surface area contributed by atoms with Gasteiger partial charge in [-0.05, 0) is 12.1 Å². The van der Waals surface area contributed by atoms with Crippen LogP contribution in [-0.2, 0) is 6.54 Å². The van der Waals surface area contributed by atoms with Gasteiger partial charge < -0.3 is 11.1 Å². The van der Waals surface area contributed by atoms with Crippen molar-refractivity contribution in [2.45, 2.75) is 6.54 Å². The summed E-state index contributed by atoms with van der Waals surface area (Å²) in [5, 5.41) is 9.19. The summed E-state index contributed by atoms with van der Waals surface area (Å²) in [6.07, 6.45) is 4.82. The van der Waals surface area contributed by atoms with E-state index in [1.165, 1.54) is 6.20 Å². The maximum absolute atomic E-state index is 11.6. The molecule has 1 amide bonds. The number of nitrogens with one attached hydrogen (secondary N) is 2. The van der Waals surface area contributed by atoms with Gasteiger partial charge in [-0.3, -0.25) is 9.89 Å². The highest BCUT2D eigenvalue weighted by molar-refractivity contribution is 5.93. The summed E-state index contributed by atoms with van der Waals surface area (Å²) in [6.45, 7) is 0.430. The van der Waals surface area contributed by atoms with Gasteiger partial charge in [0, 0.05) is 24.5 Å². The standard InChI is InChI=1S/C10H11N5O/c11-9-2-1-8(6-12-9)10(16)13-3-7-4-14-15-5-7/h1-2,4-6H,3H2,(H2,11,12)(H,13,16)(H,14,15). The molecule has 0 radical (unpaired) electrons. The lowest BCUT2D eigenvalue weighted by molar-refractivity contribution is 0.0950. The van der Waals surface area contributed by atoms with Crippen molar-refractivity contribution in [3.05, 3.63) is 41.9 Å². The van der Waals surface area contributed by atoms with Crippen LogP contribution >= 0.6 is 0 Å². The Balaban J connectivity index is 1.95. The van der Waals surface area contributed by atoms with E-state index in [9.17, 15) is 4.79 Å². The van der Waals surface area contributed by atoms with E-state index >= 15 is 0 Å². The number of pyridine rings is 1. The highest BCUT2D eigenvalue weighted by Gasteiger charge is 2.05. The number of aromatic nitrogens is 3. The van der Waals surface area contributed by atoms with E-state index in [1.54, 1.807) is 24.5 Å². The third-order valence-corrected chi connectivity index (χ3v) is 2.06. The van der Waals surface area contributed by atoms with Crippen LogP contribution in [0.15, 0.2) is 30.7 Å². The van der Waals surface area contributed by atoms with Gasteiger partial charge in [-0.2, -0.15) is 5.10 Å². The van der Waals surface area contributed by atoms with Crippen molar-refractivity contribution in [1.29, 1.82) is 0 Å². The molecule has 82 valence electrons. The zero-order valence-corrected chi connectivity index (χ0v) is 8.47. The number of aromatic amines is 1. The highest BCUT2D eigenvalue weighted by atomic mass is 16.1. The largest absolute Gasteiger partial charge is 0.384 e. The number of carbonyl (C=O) groups is 1. The quantitative estimate of drug-likeness (QED) is 0.689. The number of H-pyrrole nitrogens is 1. The van der Waals surface area contributed by atoms with Crippen LogP contribution in [0, 0.1) is 0 Å². The first-order valence-electron chi connectivity index (χ1n) is 4.73. The third-order valence-electron chi connectivity index (χ3n) is 2.06. The first-order chi connectivity index (χ1) is 7.75. The topological polar surface area (TPSA) is 96.7 Å². The predicted octanol–water partition coefficient (Wildman–Crippen LogP) is 0.317. The molecule has 0 aliphatic heterocycles. The van der Waals surface area contributed by atoms with Gasteiger partial charge in [-0.25, -0.2) is 4.98 Å². The highest BCUT2D eigenvalue weighted by Crippen LogP contribution is 2.01. The lowest BCUT2D eigenvalue weighted by Crippen LogP contribution is -2.22. The van der Waals surface area contributed by atoms with Gasteiger partial charge in [0.05, 0.1) is 11.8 Å². The summed E-state index contributed by atoms with van der Waals surface area (Å²) in [5.74, 6) is 0.208. The third kappa shape index (κ3) is 2.35. The number of nitrogens with zero attached hydrogens (tertiary/aromatic N) is 2. The Bertz CT molecular complexity index is 462.